The van der Waals surface area contributed by atoms with E-state index in [1.54, 1.807) is 14.2 Å². The first-order valence-electron chi connectivity index (χ1n) is 12.8. The van der Waals surface area contributed by atoms with E-state index in [2.05, 4.69) is 33.0 Å². The van der Waals surface area contributed by atoms with Crippen molar-refractivity contribution in [3.8, 4) is 11.8 Å². The summed E-state index contributed by atoms with van der Waals surface area (Å²) in [5.41, 5.74) is 2.55. The maximum atomic E-state index is 13.0. The molecule has 3 aromatic carbocycles. The Hall–Kier alpha value is -3.52. The highest BCUT2D eigenvalue weighted by molar-refractivity contribution is 9.10. The van der Waals surface area contributed by atoms with Crippen molar-refractivity contribution in [2.45, 2.75) is 17.9 Å². The van der Waals surface area contributed by atoms with Gasteiger partial charge in [0.15, 0.2) is 0 Å². The van der Waals surface area contributed by atoms with E-state index in [1.165, 1.54) is 0 Å². The molecule has 39 heavy (non-hydrogen) atoms. The van der Waals surface area contributed by atoms with Gasteiger partial charge in [0, 0.05) is 32.9 Å². The van der Waals surface area contributed by atoms with Crippen LogP contribution < -0.4 is 9.47 Å². The van der Waals surface area contributed by atoms with Crippen LogP contribution in [0.15, 0.2) is 89.4 Å². The molecule has 5 rings (SSSR count). The molecule has 0 saturated carbocycles. The molecule has 0 bridgehead atoms. The molecule has 1 atom stereocenters. The summed E-state index contributed by atoms with van der Waals surface area (Å²) in [6.07, 6.45) is 0.438. The molecule has 6 nitrogen and oxygen atoms in total. The molecule has 0 aliphatic heterocycles. The number of hydrogen-bond acceptors (Lipinski definition) is 6. The van der Waals surface area contributed by atoms with Crippen LogP contribution in [0.1, 0.15) is 29.0 Å². The summed E-state index contributed by atoms with van der Waals surface area (Å²) in [6.45, 7) is 0.645. The lowest BCUT2D eigenvalue weighted by molar-refractivity contribution is 0.00307. The van der Waals surface area contributed by atoms with Crippen molar-refractivity contribution in [2.75, 3.05) is 34.9 Å². The summed E-state index contributed by atoms with van der Waals surface area (Å²) >= 11 is 3.62. The number of methoxy groups -OCH3 is 2. The molecule has 1 unspecified atom stereocenters. The zero-order valence-corrected chi connectivity index (χ0v) is 24.1. The monoisotopic (exact) mass is 585 g/mol. The fraction of sp³-hybridized carbons (Fsp3) is 0.250. The van der Waals surface area contributed by atoms with Crippen LogP contribution in [0.2, 0.25) is 0 Å². The van der Waals surface area contributed by atoms with Crippen LogP contribution >= 0.6 is 15.9 Å². The van der Waals surface area contributed by atoms with Crippen LogP contribution in [-0.4, -0.2) is 54.8 Å². The summed E-state index contributed by atoms with van der Waals surface area (Å²) in [5, 5.41) is 14.9. The molecule has 0 amide bonds. The molecule has 7 heteroatoms. The van der Waals surface area contributed by atoms with E-state index in [0.717, 1.165) is 43.0 Å². The molecule has 1 N–H and O–H groups in total. The highest BCUT2D eigenvalue weighted by Crippen LogP contribution is 2.50. The Labute approximate surface area is 237 Å². The van der Waals surface area contributed by atoms with E-state index in [1.807, 2.05) is 86.9 Å². The Balaban J connectivity index is 1.88. The molecular formula is C32H32BrN3O3. The van der Waals surface area contributed by atoms with Crippen LogP contribution in [0.25, 0.3) is 21.8 Å². The normalized spacial score (nSPS) is 13.2. The van der Waals surface area contributed by atoms with E-state index in [-0.39, 0.29) is 0 Å². The minimum absolute atomic E-state index is 0.438. The molecule has 200 valence electrons. The van der Waals surface area contributed by atoms with Gasteiger partial charge in [0.1, 0.15) is 5.60 Å². The predicted molar refractivity (Wildman–Crippen MR) is 160 cm³/mol. The number of rotatable bonds is 9. The third kappa shape index (κ3) is 5.35. The van der Waals surface area contributed by atoms with Crippen molar-refractivity contribution in [1.82, 2.24) is 14.9 Å². The molecule has 5 aromatic rings. The fourth-order valence-electron chi connectivity index (χ4n) is 5.26. The second-order valence-corrected chi connectivity index (χ2v) is 10.9. The van der Waals surface area contributed by atoms with Crippen LogP contribution in [0, 0.1) is 0 Å². The first kappa shape index (κ1) is 27.1. The number of fused-ring (bicyclic) bond motifs is 2. The van der Waals surface area contributed by atoms with Gasteiger partial charge in [-0.05, 0) is 62.5 Å². The van der Waals surface area contributed by atoms with Crippen LogP contribution in [0.4, 0.5) is 0 Å². The molecule has 2 heterocycles. The zero-order valence-electron chi connectivity index (χ0n) is 22.6. The number of para-hydroxylation sites is 2. The summed E-state index contributed by atoms with van der Waals surface area (Å²) in [5.74, 6) is 0.283. The lowest BCUT2D eigenvalue weighted by Crippen LogP contribution is -2.38. The number of benzene rings is 3. The Morgan fingerprint density at radius 1 is 0.795 bits per heavy atom. The average molecular weight is 587 g/mol. The first-order valence-corrected chi connectivity index (χ1v) is 13.6. The fourth-order valence-corrected chi connectivity index (χ4v) is 5.66. The van der Waals surface area contributed by atoms with Crippen LogP contribution in [-0.2, 0) is 5.60 Å². The number of aliphatic hydroxyl groups is 1. The lowest BCUT2D eigenvalue weighted by atomic mass is 9.71. The number of nitrogens with zero attached hydrogens (tertiary/aromatic N) is 3. The van der Waals surface area contributed by atoms with Gasteiger partial charge < -0.3 is 19.5 Å². The van der Waals surface area contributed by atoms with Crippen molar-refractivity contribution in [3.05, 3.63) is 106 Å². The number of ether oxygens (including phenoxy) is 2. The molecule has 0 saturated heterocycles. The van der Waals surface area contributed by atoms with Crippen molar-refractivity contribution < 1.29 is 14.6 Å². The van der Waals surface area contributed by atoms with Gasteiger partial charge in [-0.1, -0.05) is 64.5 Å². The highest BCUT2D eigenvalue weighted by Gasteiger charge is 2.44. The highest BCUT2D eigenvalue weighted by atomic mass is 79.9. The van der Waals surface area contributed by atoms with Crippen molar-refractivity contribution in [2.24, 2.45) is 0 Å². The molecule has 0 fully saturated rings. The maximum absolute atomic E-state index is 13.0. The van der Waals surface area contributed by atoms with E-state index in [4.69, 9.17) is 19.4 Å². The van der Waals surface area contributed by atoms with Gasteiger partial charge in [-0.2, -0.15) is 0 Å². The molecule has 0 spiro atoms. The minimum atomic E-state index is -1.37. The van der Waals surface area contributed by atoms with Crippen molar-refractivity contribution in [1.29, 1.82) is 0 Å². The second-order valence-electron chi connectivity index (χ2n) is 9.98. The molecule has 0 aliphatic rings. The number of aromatic nitrogens is 2. The summed E-state index contributed by atoms with van der Waals surface area (Å²) < 4.78 is 12.7. The zero-order chi connectivity index (χ0) is 27.6. The SMILES string of the molecule is COc1nc2ccccc2cc1C(c1cc2ccccc2nc1OC)C(O)(CCN(C)C)c1cccc(Br)c1. The second kappa shape index (κ2) is 11.3. The van der Waals surface area contributed by atoms with Crippen molar-refractivity contribution in [3.63, 3.8) is 0 Å². The molecular weight excluding hydrogens is 554 g/mol. The van der Waals surface area contributed by atoms with E-state index < -0.39 is 11.5 Å². The largest absolute Gasteiger partial charge is 0.481 e. The van der Waals surface area contributed by atoms with E-state index in [0.29, 0.717) is 24.7 Å². The van der Waals surface area contributed by atoms with E-state index in [9.17, 15) is 5.11 Å². The number of hydrogen-bond donors (Lipinski definition) is 1. The smallest absolute Gasteiger partial charge is 0.217 e. The third-order valence-corrected chi connectivity index (χ3v) is 7.68. The average Bonchev–Trinajstić information content (AvgIpc) is 2.95. The standard InChI is InChI=1S/C32H32BrN3O3/c1-36(2)17-16-32(37,23-12-9-13-24(33)20-23)29(25-18-21-10-5-7-14-27(21)34-30(25)38-3)26-19-22-11-6-8-15-28(22)35-31(26)39-4/h5-15,18-20,29,37H,16-17H2,1-4H3. The Bertz CT molecular complexity index is 1540. The van der Waals surface area contributed by atoms with Gasteiger partial charge in [-0.3, -0.25) is 0 Å². The molecule has 2 aromatic heterocycles. The van der Waals surface area contributed by atoms with Crippen molar-refractivity contribution >= 4 is 37.7 Å². The molecule has 0 radical (unpaired) electrons. The quantitative estimate of drug-likeness (QED) is 0.212. The Morgan fingerprint density at radius 3 is 1.82 bits per heavy atom. The topological polar surface area (TPSA) is 67.7 Å². The van der Waals surface area contributed by atoms with Gasteiger partial charge in [0.05, 0.1) is 31.2 Å². The van der Waals surface area contributed by atoms with Gasteiger partial charge >= 0.3 is 0 Å². The maximum Gasteiger partial charge on any atom is 0.217 e. The van der Waals surface area contributed by atoms with Gasteiger partial charge in [-0.25, -0.2) is 9.97 Å². The number of halogens is 1. The first-order chi connectivity index (χ1) is 18.8. The van der Waals surface area contributed by atoms with Gasteiger partial charge in [-0.15, -0.1) is 0 Å². The summed E-state index contributed by atoms with van der Waals surface area (Å²) in [7, 11) is 7.25. The summed E-state index contributed by atoms with van der Waals surface area (Å²) in [6, 6.07) is 27.8. The van der Waals surface area contributed by atoms with Crippen LogP contribution in [0.5, 0.6) is 11.8 Å². The Kier molecular flexibility index (Phi) is 7.84. The number of pyridine rings is 2. The minimum Gasteiger partial charge on any atom is -0.481 e. The Morgan fingerprint density at radius 2 is 1.33 bits per heavy atom. The molecule has 0 aliphatic carbocycles. The third-order valence-electron chi connectivity index (χ3n) is 7.18. The van der Waals surface area contributed by atoms with E-state index >= 15 is 0 Å². The van der Waals surface area contributed by atoms with Crippen LogP contribution in [0.3, 0.4) is 0 Å². The van der Waals surface area contributed by atoms with Gasteiger partial charge in [0.25, 0.3) is 0 Å². The predicted octanol–water partition coefficient (Wildman–Crippen LogP) is 6.53. The lowest BCUT2D eigenvalue weighted by Gasteiger charge is -2.39. The summed E-state index contributed by atoms with van der Waals surface area (Å²) in [4.78, 5) is 11.8. The van der Waals surface area contributed by atoms with Gasteiger partial charge in [0.2, 0.25) is 11.8 Å².